The van der Waals surface area contributed by atoms with Crippen LogP contribution in [-0.4, -0.2) is 28.4 Å². The van der Waals surface area contributed by atoms with Crippen LogP contribution in [0.1, 0.15) is 107 Å². The molecule has 0 spiro atoms. The fourth-order valence-corrected chi connectivity index (χ4v) is 4.97. The van der Waals surface area contributed by atoms with Gasteiger partial charge in [-0.25, -0.2) is 0 Å². The van der Waals surface area contributed by atoms with Gasteiger partial charge < -0.3 is 14.9 Å². The maximum Gasteiger partial charge on any atom is 0.303 e. The van der Waals surface area contributed by atoms with Gasteiger partial charge in [-0.05, 0) is 92.7 Å². The second-order valence-corrected chi connectivity index (χ2v) is 10.0. The summed E-state index contributed by atoms with van der Waals surface area (Å²) in [6.45, 7) is 13.4. The fourth-order valence-electron chi connectivity index (χ4n) is 4.97. The molecule has 0 aromatic heterocycles. The van der Waals surface area contributed by atoms with Gasteiger partial charge in [0.1, 0.15) is 5.75 Å². The monoisotopic (exact) mass is 494 g/mol. The first kappa shape index (κ1) is 29.6. The predicted octanol–water partition coefficient (Wildman–Crippen LogP) is 8.00. The van der Waals surface area contributed by atoms with Gasteiger partial charge in [0, 0.05) is 11.8 Å². The lowest BCUT2D eigenvalue weighted by molar-refractivity contribution is -0.137. The Morgan fingerprint density at radius 1 is 0.861 bits per heavy atom. The van der Waals surface area contributed by atoms with Gasteiger partial charge in [-0.15, -0.1) is 0 Å². The van der Waals surface area contributed by atoms with Crippen LogP contribution in [0.4, 0.5) is 0 Å². The van der Waals surface area contributed by atoms with Crippen LogP contribution >= 0.6 is 0 Å². The zero-order valence-corrected chi connectivity index (χ0v) is 23.2. The van der Waals surface area contributed by atoms with Gasteiger partial charge in [-0.2, -0.15) is 0 Å². The first-order valence-corrected chi connectivity index (χ1v) is 13.6. The minimum absolute atomic E-state index is 0.0826. The van der Waals surface area contributed by atoms with E-state index < -0.39 is 11.6 Å². The summed E-state index contributed by atoms with van der Waals surface area (Å²) in [7, 11) is 0. The van der Waals surface area contributed by atoms with E-state index in [-0.39, 0.29) is 11.8 Å². The molecule has 2 rings (SSSR count). The highest BCUT2D eigenvalue weighted by Crippen LogP contribution is 2.41. The molecule has 0 radical (unpaired) electrons. The third-order valence-electron chi connectivity index (χ3n) is 7.85. The Balaban J connectivity index is 2.23. The molecule has 0 bridgehead atoms. The van der Waals surface area contributed by atoms with Crippen LogP contribution in [0, 0.1) is 13.8 Å². The Hall–Kier alpha value is -2.59. The number of aryl methyl sites for hydroxylation is 2. The number of unbranched alkanes of at least 4 members (excludes halogenated alkanes) is 2. The summed E-state index contributed by atoms with van der Waals surface area (Å²) in [6.07, 6.45) is 10.0. The Labute approximate surface area is 218 Å². The molecule has 0 fully saturated rings. The molecular formula is C32H46O4. The standard InChI is InChI=1S/C32H46O4/c1-7-31(35,8-2)20-19-26-15-16-27(22-24(26)5)32(9-3,10-4)28-17-18-29(25(6)23-28)36-21-13-11-12-14-30(33)34/h15-20,22-23,35H,7-14,21H2,1-6H3,(H,33,34). The van der Waals surface area contributed by atoms with E-state index in [1.807, 2.05) is 19.9 Å². The molecule has 0 saturated heterocycles. The second kappa shape index (κ2) is 13.6. The molecular weight excluding hydrogens is 448 g/mol. The highest BCUT2D eigenvalue weighted by atomic mass is 16.5. The van der Waals surface area contributed by atoms with Crippen LogP contribution in [0.15, 0.2) is 42.5 Å². The van der Waals surface area contributed by atoms with E-state index in [0.717, 1.165) is 42.6 Å². The van der Waals surface area contributed by atoms with Gasteiger partial charge in [0.25, 0.3) is 0 Å². The van der Waals surface area contributed by atoms with Crippen molar-refractivity contribution in [3.8, 4) is 5.75 Å². The summed E-state index contributed by atoms with van der Waals surface area (Å²) in [5.41, 5.74) is 5.26. The molecule has 2 aromatic rings. The van der Waals surface area contributed by atoms with Crippen molar-refractivity contribution in [3.63, 3.8) is 0 Å². The molecule has 198 valence electrons. The van der Waals surface area contributed by atoms with Crippen LogP contribution in [-0.2, 0) is 10.2 Å². The van der Waals surface area contributed by atoms with E-state index in [0.29, 0.717) is 25.9 Å². The van der Waals surface area contributed by atoms with E-state index in [1.54, 1.807) is 0 Å². The normalized spacial score (nSPS) is 12.3. The van der Waals surface area contributed by atoms with E-state index in [9.17, 15) is 9.90 Å². The molecule has 0 atom stereocenters. The molecule has 36 heavy (non-hydrogen) atoms. The molecule has 0 amide bonds. The average molecular weight is 495 g/mol. The van der Waals surface area contributed by atoms with Crippen molar-refractivity contribution >= 4 is 12.0 Å². The second-order valence-electron chi connectivity index (χ2n) is 10.0. The van der Waals surface area contributed by atoms with Crippen molar-refractivity contribution in [2.75, 3.05) is 6.61 Å². The fraction of sp³-hybridized carbons (Fsp3) is 0.531. The lowest BCUT2D eigenvalue weighted by Gasteiger charge is -2.34. The molecule has 0 aliphatic heterocycles. The van der Waals surface area contributed by atoms with Gasteiger partial charge in [-0.1, -0.05) is 70.2 Å². The van der Waals surface area contributed by atoms with Gasteiger partial charge in [0.15, 0.2) is 0 Å². The molecule has 0 saturated carbocycles. The third kappa shape index (κ3) is 7.46. The van der Waals surface area contributed by atoms with Crippen molar-refractivity contribution in [2.45, 2.75) is 104 Å². The summed E-state index contributed by atoms with van der Waals surface area (Å²) in [5, 5.41) is 19.4. The summed E-state index contributed by atoms with van der Waals surface area (Å²) >= 11 is 0. The lowest BCUT2D eigenvalue weighted by atomic mass is 9.70. The number of hydrogen-bond acceptors (Lipinski definition) is 3. The molecule has 0 aliphatic carbocycles. The molecule has 0 unspecified atom stereocenters. The minimum atomic E-state index is -0.748. The van der Waals surface area contributed by atoms with Gasteiger partial charge in [0.05, 0.1) is 12.2 Å². The topological polar surface area (TPSA) is 66.8 Å². The largest absolute Gasteiger partial charge is 0.493 e. The Kier molecular flexibility index (Phi) is 11.2. The first-order chi connectivity index (χ1) is 17.1. The number of carboxylic acids is 1. The maximum absolute atomic E-state index is 10.6. The molecule has 0 aliphatic rings. The number of benzene rings is 2. The first-order valence-electron chi connectivity index (χ1n) is 13.6. The Morgan fingerprint density at radius 2 is 1.47 bits per heavy atom. The van der Waals surface area contributed by atoms with E-state index in [4.69, 9.17) is 9.84 Å². The van der Waals surface area contributed by atoms with Crippen molar-refractivity contribution in [1.82, 2.24) is 0 Å². The lowest BCUT2D eigenvalue weighted by Crippen LogP contribution is -2.26. The van der Waals surface area contributed by atoms with E-state index in [2.05, 4.69) is 70.2 Å². The summed E-state index contributed by atoms with van der Waals surface area (Å²) < 4.78 is 6.02. The Morgan fingerprint density at radius 3 is 2.00 bits per heavy atom. The molecule has 2 aromatic carbocycles. The SMILES string of the molecule is CCC(O)(C=Cc1ccc(C(CC)(CC)c2ccc(OCCCCCC(=O)O)c(C)c2)cc1C)CC. The minimum Gasteiger partial charge on any atom is -0.493 e. The average Bonchev–Trinajstić information content (AvgIpc) is 2.87. The van der Waals surface area contributed by atoms with Crippen molar-refractivity contribution in [3.05, 3.63) is 70.3 Å². The van der Waals surface area contributed by atoms with Gasteiger partial charge in [-0.3, -0.25) is 4.79 Å². The number of carboxylic acid groups (broad SMARTS) is 1. The van der Waals surface area contributed by atoms with Gasteiger partial charge in [0.2, 0.25) is 0 Å². The van der Waals surface area contributed by atoms with Crippen LogP contribution in [0.2, 0.25) is 0 Å². The number of ether oxygens (including phenoxy) is 1. The van der Waals surface area contributed by atoms with Gasteiger partial charge >= 0.3 is 5.97 Å². The van der Waals surface area contributed by atoms with Crippen LogP contribution in [0.3, 0.4) is 0 Å². The van der Waals surface area contributed by atoms with Crippen molar-refractivity contribution < 1.29 is 19.7 Å². The third-order valence-corrected chi connectivity index (χ3v) is 7.85. The maximum atomic E-state index is 10.6. The molecule has 0 heterocycles. The molecule has 4 nitrogen and oxygen atoms in total. The number of aliphatic carboxylic acids is 1. The van der Waals surface area contributed by atoms with Crippen molar-refractivity contribution in [1.29, 1.82) is 0 Å². The quantitative estimate of drug-likeness (QED) is 0.246. The zero-order valence-electron chi connectivity index (χ0n) is 23.2. The summed E-state index contributed by atoms with van der Waals surface area (Å²) in [6, 6.07) is 13.3. The van der Waals surface area contributed by atoms with Crippen LogP contribution in [0.25, 0.3) is 6.08 Å². The predicted molar refractivity (Wildman–Crippen MR) is 150 cm³/mol. The number of rotatable bonds is 15. The summed E-state index contributed by atoms with van der Waals surface area (Å²) in [4.78, 5) is 10.6. The zero-order chi connectivity index (χ0) is 26.8. The number of aliphatic hydroxyl groups is 1. The highest BCUT2D eigenvalue weighted by Gasteiger charge is 2.31. The number of hydrogen-bond donors (Lipinski definition) is 2. The molecule has 4 heteroatoms. The summed E-state index contributed by atoms with van der Waals surface area (Å²) in [5.74, 6) is 0.160. The highest BCUT2D eigenvalue weighted by molar-refractivity contribution is 5.66. The number of carbonyl (C=O) groups is 1. The smallest absolute Gasteiger partial charge is 0.303 e. The van der Waals surface area contributed by atoms with Crippen LogP contribution < -0.4 is 4.74 Å². The Bertz CT molecular complexity index is 1010. The van der Waals surface area contributed by atoms with Crippen LogP contribution in [0.5, 0.6) is 5.75 Å². The molecule has 2 N–H and O–H groups in total. The van der Waals surface area contributed by atoms with Crippen molar-refractivity contribution in [2.24, 2.45) is 0 Å². The van der Waals surface area contributed by atoms with E-state index >= 15 is 0 Å². The van der Waals surface area contributed by atoms with E-state index in [1.165, 1.54) is 16.7 Å².